The lowest BCUT2D eigenvalue weighted by atomic mass is 9.77. The van der Waals surface area contributed by atoms with Gasteiger partial charge >= 0.3 is 0 Å². The standard InChI is InChI=1S/C29H36Cl2N4O2.2ClH/c30-24-8-7-23(18-25(24)31)26(33-27(36)22-5-1-2-6-22)9-14-34-15-10-29(11-16-34)12-17-35(28(29)37)20-21-4-3-13-32-19-21;;/h3-4,7-8,13,18-19,22,26H,1-2,5-6,9-12,14-17,20H2,(H,33,36);2*1H. The van der Waals surface area contributed by atoms with Gasteiger partial charge in [-0.15, -0.1) is 24.8 Å². The van der Waals surface area contributed by atoms with E-state index in [4.69, 9.17) is 23.2 Å². The summed E-state index contributed by atoms with van der Waals surface area (Å²) in [5.41, 5.74) is 1.85. The molecule has 5 rings (SSSR count). The van der Waals surface area contributed by atoms with Crippen LogP contribution in [0.2, 0.25) is 10.0 Å². The Kier molecular flexibility index (Phi) is 11.8. The third-order valence-electron chi connectivity index (χ3n) is 8.63. The van der Waals surface area contributed by atoms with Crippen molar-refractivity contribution in [3.8, 4) is 0 Å². The zero-order valence-electron chi connectivity index (χ0n) is 22.1. The summed E-state index contributed by atoms with van der Waals surface area (Å²) in [7, 11) is 0. The smallest absolute Gasteiger partial charge is 0.229 e. The molecule has 1 N–H and O–H groups in total. The molecule has 3 fully saturated rings. The SMILES string of the molecule is Cl.Cl.O=C(NC(CCN1CCC2(CC1)CCN(Cc1cccnc1)C2=O)c1ccc(Cl)c(Cl)c1)C1CCCC1. The van der Waals surface area contributed by atoms with E-state index >= 15 is 0 Å². The van der Waals surface area contributed by atoms with Crippen molar-refractivity contribution in [2.75, 3.05) is 26.2 Å². The van der Waals surface area contributed by atoms with E-state index in [1.165, 1.54) is 0 Å². The van der Waals surface area contributed by atoms with Crippen molar-refractivity contribution in [3.05, 3.63) is 63.9 Å². The number of hydrogen-bond acceptors (Lipinski definition) is 4. The highest BCUT2D eigenvalue weighted by atomic mass is 35.5. The van der Waals surface area contributed by atoms with Gasteiger partial charge in [-0.2, -0.15) is 0 Å². The third kappa shape index (κ3) is 7.59. The Hall–Kier alpha value is -1.57. The van der Waals surface area contributed by atoms with Gasteiger partial charge in [-0.25, -0.2) is 0 Å². The van der Waals surface area contributed by atoms with Gasteiger partial charge in [0.15, 0.2) is 0 Å². The summed E-state index contributed by atoms with van der Waals surface area (Å²) in [6.07, 6.45) is 11.3. The third-order valence-corrected chi connectivity index (χ3v) is 9.37. The van der Waals surface area contributed by atoms with Crippen LogP contribution in [-0.2, 0) is 16.1 Å². The Bertz CT molecular complexity index is 1110. The fraction of sp³-hybridized carbons (Fsp3) is 0.552. The fourth-order valence-electron chi connectivity index (χ4n) is 6.26. The predicted molar refractivity (Wildman–Crippen MR) is 161 cm³/mol. The normalized spacial score (nSPS) is 19.9. The van der Waals surface area contributed by atoms with Crippen LogP contribution in [0.4, 0.5) is 0 Å². The van der Waals surface area contributed by atoms with Crippen LogP contribution in [0.5, 0.6) is 0 Å². The van der Waals surface area contributed by atoms with E-state index in [9.17, 15) is 9.59 Å². The maximum Gasteiger partial charge on any atom is 0.229 e. The van der Waals surface area contributed by atoms with E-state index in [0.29, 0.717) is 22.5 Å². The van der Waals surface area contributed by atoms with Crippen molar-refractivity contribution in [1.29, 1.82) is 0 Å². The van der Waals surface area contributed by atoms with Crippen LogP contribution in [0.3, 0.4) is 0 Å². The molecule has 0 radical (unpaired) electrons. The molecule has 1 aromatic heterocycles. The molecule has 1 spiro atoms. The number of hydrogen-bond donors (Lipinski definition) is 1. The number of nitrogens with one attached hydrogen (secondary N) is 1. The lowest BCUT2D eigenvalue weighted by molar-refractivity contribution is -0.139. The van der Waals surface area contributed by atoms with Crippen LogP contribution < -0.4 is 5.32 Å². The summed E-state index contributed by atoms with van der Waals surface area (Å²) >= 11 is 12.5. The first-order chi connectivity index (χ1) is 17.9. The second kappa shape index (κ2) is 14.4. The molecule has 3 aliphatic rings. The Morgan fingerprint density at radius 3 is 2.44 bits per heavy atom. The largest absolute Gasteiger partial charge is 0.349 e. The van der Waals surface area contributed by atoms with Crippen molar-refractivity contribution in [2.24, 2.45) is 11.3 Å². The average molecular weight is 616 g/mol. The number of benzene rings is 1. The zero-order valence-corrected chi connectivity index (χ0v) is 25.3. The van der Waals surface area contributed by atoms with Gasteiger partial charge in [-0.05, 0) is 80.9 Å². The van der Waals surface area contributed by atoms with Crippen molar-refractivity contribution in [1.82, 2.24) is 20.1 Å². The molecule has 10 heteroatoms. The lowest BCUT2D eigenvalue weighted by Crippen LogP contribution is -2.45. The van der Waals surface area contributed by atoms with E-state index in [1.54, 1.807) is 6.20 Å². The van der Waals surface area contributed by atoms with Crippen LogP contribution in [-0.4, -0.2) is 52.8 Å². The van der Waals surface area contributed by atoms with Gasteiger partial charge in [0, 0.05) is 37.9 Å². The van der Waals surface area contributed by atoms with Crippen LogP contribution >= 0.6 is 48.0 Å². The molecule has 0 bridgehead atoms. The minimum atomic E-state index is -0.224. The van der Waals surface area contributed by atoms with Gasteiger partial charge in [0.2, 0.25) is 11.8 Å². The molecule has 39 heavy (non-hydrogen) atoms. The number of rotatable bonds is 8. The minimum Gasteiger partial charge on any atom is -0.349 e. The highest BCUT2D eigenvalue weighted by Gasteiger charge is 2.47. The molecule has 2 amide bonds. The molecule has 2 saturated heterocycles. The molecule has 3 heterocycles. The molecule has 214 valence electrons. The Morgan fingerprint density at radius 1 is 1.05 bits per heavy atom. The summed E-state index contributed by atoms with van der Waals surface area (Å²) < 4.78 is 0. The first kappa shape index (κ1) is 32.0. The van der Waals surface area contributed by atoms with E-state index in [2.05, 4.69) is 15.2 Å². The van der Waals surface area contributed by atoms with Gasteiger partial charge in [-0.1, -0.05) is 48.2 Å². The first-order valence-corrected chi connectivity index (χ1v) is 14.4. The number of nitrogens with zero attached hydrogens (tertiary/aromatic N) is 3. The number of likely N-dealkylation sites (tertiary alicyclic amines) is 2. The van der Waals surface area contributed by atoms with Crippen molar-refractivity contribution >= 4 is 59.8 Å². The number of pyridine rings is 1. The molecule has 6 nitrogen and oxygen atoms in total. The number of amides is 2. The van der Waals surface area contributed by atoms with E-state index < -0.39 is 0 Å². The molecule has 1 aliphatic carbocycles. The van der Waals surface area contributed by atoms with E-state index in [1.807, 2.05) is 41.4 Å². The summed E-state index contributed by atoms with van der Waals surface area (Å²) in [5, 5.41) is 4.34. The van der Waals surface area contributed by atoms with Crippen LogP contribution in [0.25, 0.3) is 0 Å². The highest BCUT2D eigenvalue weighted by molar-refractivity contribution is 6.42. The number of halogens is 4. The summed E-state index contributed by atoms with van der Waals surface area (Å²) in [6.45, 7) is 4.12. The maximum atomic E-state index is 13.4. The Morgan fingerprint density at radius 2 is 1.77 bits per heavy atom. The van der Waals surface area contributed by atoms with Crippen molar-refractivity contribution in [3.63, 3.8) is 0 Å². The monoisotopic (exact) mass is 614 g/mol. The summed E-state index contributed by atoms with van der Waals surface area (Å²) in [5.74, 6) is 0.563. The quantitative estimate of drug-likeness (QED) is 0.369. The van der Waals surface area contributed by atoms with Crippen LogP contribution in [0, 0.1) is 11.3 Å². The van der Waals surface area contributed by atoms with Crippen LogP contribution in [0.1, 0.15) is 68.5 Å². The molecule has 1 aromatic carbocycles. The van der Waals surface area contributed by atoms with Crippen molar-refractivity contribution in [2.45, 2.75) is 64.0 Å². The average Bonchev–Trinajstić information content (AvgIpc) is 3.55. The second-order valence-electron chi connectivity index (χ2n) is 11.0. The Labute approximate surface area is 254 Å². The van der Waals surface area contributed by atoms with Crippen LogP contribution in [0.15, 0.2) is 42.7 Å². The number of aromatic nitrogens is 1. The van der Waals surface area contributed by atoms with Gasteiger partial charge in [-0.3, -0.25) is 14.6 Å². The number of piperidine rings is 1. The number of carbonyl (C=O) groups excluding carboxylic acids is 2. The topological polar surface area (TPSA) is 65.5 Å². The lowest BCUT2D eigenvalue weighted by Gasteiger charge is -2.38. The molecule has 2 aliphatic heterocycles. The van der Waals surface area contributed by atoms with E-state index in [-0.39, 0.29) is 48.1 Å². The van der Waals surface area contributed by atoms with Gasteiger partial charge < -0.3 is 15.1 Å². The number of carbonyl (C=O) groups is 2. The highest BCUT2D eigenvalue weighted by Crippen LogP contribution is 2.42. The molecular weight excluding hydrogens is 578 g/mol. The van der Waals surface area contributed by atoms with Gasteiger partial charge in [0.25, 0.3) is 0 Å². The Balaban J connectivity index is 0.00000210. The van der Waals surface area contributed by atoms with Gasteiger partial charge in [0.05, 0.1) is 21.5 Å². The summed E-state index contributed by atoms with van der Waals surface area (Å²) in [6, 6.07) is 9.49. The maximum absolute atomic E-state index is 13.4. The van der Waals surface area contributed by atoms with Crippen molar-refractivity contribution < 1.29 is 9.59 Å². The van der Waals surface area contributed by atoms with E-state index in [0.717, 1.165) is 88.7 Å². The second-order valence-corrected chi connectivity index (χ2v) is 11.8. The molecular formula is C29H38Cl4N4O2. The summed E-state index contributed by atoms with van der Waals surface area (Å²) in [4.78, 5) is 35.0. The predicted octanol–water partition coefficient (Wildman–Crippen LogP) is 6.48. The molecule has 1 unspecified atom stereocenters. The zero-order chi connectivity index (χ0) is 25.8. The molecule has 1 atom stereocenters. The fourth-order valence-corrected chi connectivity index (χ4v) is 6.57. The molecule has 1 saturated carbocycles. The first-order valence-electron chi connectivity index (χ1n) is 13.6. The minimum absolute atomic E-state index is 0. The molecule has 2 aromatic rings. The van der Waals surface area contributed by atoms with Gasteiger partial charge in [0.1, 0.15) is 0 Å².